The van der Waals surface area contributed by atoms with Gasteiger partial charge in [0.1, 0.15) is 6.07 Å². The van der Waals surface area contributed by atoms with E-state index in [2.05, 4.69) is 17.2 Å². The molecule has 142 valence electrons. The molecule has 0 bridgehead atoms. The Morgan fingerprint density at radius 1 is 1.26 bits per heavy atom. The average molecular weight is 386 g/mol. The highest BCUT2D eigenvalue weighted by Gasteiger charge is 2.29. The maximum atomic E-state index is 12.8. The Labute approximate surface area is 159 Å². The molecule has 0 unspecified atom stereocenters. The van der Waals surface area contributed by atoms with Crippen LogP contribution >= 0.6 is 0 Å². The fourth-order valence-electron chi connectivity index (χ4n) is 3.31. The standard InChI is InChI=1S/C19H22N4O3S/c1-13-3-2-10-23(12-13)27(24,25)16-8-4-14(5-9-16)18-22-17(11-20)19(26-18)21-15-6-7-15/h4-5,8-9,13,15,21H,2-3,6-7,10,12H2,1H3/t13-/m0/s1. The number of nitriles is 1. The number of sulfonamides is 1. The minimum atomic E-state index is -3.49. The Bertz CT molecular complexity index is 971. The van der Waals surface area contributed by atoms with Gasteiger partial charge in [0.2, 0.25) is 27.5 Å². The van der Waals surface area contributed by atoms with Crippen LogP contribution in [-0.4, -0.2) is 36.8 Å². The topological polar surface area (TPSA) is 99.2 Å². The first-order chi connectivity index (χ1) is 13.0. The van der Waals surface area contributed by atoms with E-state index in [0.717, 1.165) is 25.7 Å². The number of nitrogens with one attached hydrogen (secondary N) is 1. The number of hydrogen-bond acceptors (Lipinski definition) is 6. The molecule has 1 saturated carbocycles. The summed E-state index contributed by atoms with van der Waals surface area (Å²) in [4.78, 5) is 4.49. The molecule has 1 atom stereocenters. The SMILES string of the molecule is C[C@H]1CCCN(S(=O)(=O)c2ccc(-c3nc(C#N)c(NC4CC4)o3)cc2)C1. The lowest BCUT2D eigenvalue weighted by Crippen LogP contribution is -2.39. The maximum Gasteiger partial charge on any atom is 0.243 e. The van der Waals surface area contributed by atoms with Crippen molar-refractivity contribution in [2.24, 2.45) is 5.92 Å². The zero-order chi connectivity index (χ0) is 19.0. The van der Waals surface area contributed by atoms with Gasteiger partial charge in [-0.25, -0.2) is 8.42 Å². The zero-order valence-electron chi connectivity index (χ0n) is 15.2. The fraction of sp³-hybridized carbons (Fsp3) is 0.474. The number of hydrogen-bond donors (Lipinski definition) is 1. The highest BCUT2D eigenvalue weighted by atomic mass is 32.2. The summed E-state index contributed by atoms with van der Waals surface area (Å²) in [5.41, 5.74) is 0.859. The van der Waals surface area contributed by atoms with Crippen molar-refractivity contribution in [1.82, 2.24) is 9.29 Å². The van der Waals surface area contributed by atoms with Crippen molar-refractivity contribution < 1.29 is 12.8 Å². The van der Waals surface area contributed by atoms with E-state index >= 15 is 0 Å². The number of anilines is 1. The van der Waals surface area contributed by atoms with E-state index in [0.29, 0.717) is 42.4 Å². The average Bonchev–Trinajstić information content (AvgIpc) is 3.39. The summed E-state index contributed by atoms with van der Waals surface area (Å²) in [5.74, 6) is 1.07. The molecule has 7 nitrogen and oxygen atoms in total. The van der Waals surface area contributed by atoms with Crippen LogP contribution < -0.4 is 5.32 Å². The smallest absolute Gasteiger partial charge is 0.243 e. The summed E-state index contributed by atoms with van der Waals surface area (Å²) in [6.45, 7) is 3.20. The number of oxazole rings is 1. The van der Waals surface area contributed by atoms with E-state index in [9.17, 15) is 13.7 Å². The number of aromatic nitrogens is 1. The Morgan fingerprint density at radius 3 is 2.63 bits per heavy atom. The summed E-state index contributed by atoms with van der Waals surface area (Å²) >= 11 is 0. The molecule has 2 heterocycles. The van der Waals surface area contributed by atoms with Crippen molar-refractivity contribution in [3.63, 3.8) is 0 Å². The van der Waals surface area contributed by atoms with Crippen LogP contribution in [0.25, 0.3) is 11.5 Å². The molecule has 1 N–H and O–H groups in total. The summed E-state index contributed by atoms with van der Waals surface area (Å²) in [6, 6.07) is 8.88. The van der Waals surface area contributed by atoms with Gasteiger partial charge in [0.15, 0.2) is 0 Å². The van der Waals surface area contributed by atoms with Gasteiger partial charge in [0.05, 0.1) is 4.90 Å². The normalized spacial score (nSPS) is 21.0. The predicted molar refractivity (Wildman–Crippen MR) is 100 cm³/mol. The molecule has 27 heavy (non-hydrogen) atoms. The largest absolute Gasteiger partial charge is 0.419 e. The molecule has 1 aromatic heterocycles. The monoisotopic (exact) mass is 386 g/mol. The quantitative estimate of drug-likeness (QED) is 0.847. The molecule has 0 spiro atoms. The summed E-state index contributed by atoms with van der Waals surface area (Å²) < 4.78 is 33.0. The maximum absolute atomic E-state index is 12.8. The molecule has 2 aliphatic rings. The van der Waals surface area contributed by atoms with E-state index < -0.39 is 10.0 Å². The van der Waals surface area contributed by atoms with Gasteiger partial charge in [0.25, 0.3) is 0 Å². The van der Waals surface area contributed by atoms with Crippen LogP contribution in [0.2, 0.25) is 0 Å². The van der Waals surface area contributed by atoms with Gasteiger partial charge >= 0.3 is 0 Å². The Kier molecular flexibility index (Phi) is 4.66. The number of rotatable bonds is 5. The molecular formula is C19H22N4O3S. The molecule has 1 saturated heterocycles. The van der Waals surface area contributed by atoms with Crippen molar-refractivity contribution in [2.75, 3.05) is 18.4 Å². The molecule has 1 aromatic carbocycles. The molecule has 4 rings (SSSR count). The van der Waals surface area contributed by atoms with Gasteiger partial charge in [-0.1, -0.05) is 6.92 Å². The number of piperidine rings is 1. The predicted octanol–water partition coefficient (Wildman–Crippen LogP) is 3.21. The third kappa shape index (κ3) is 3.70. The second-order valence-corrected chi connectivity index (χ2v) is 9.30. The van der Waals surface area contributed by atoms with Gasteiger partial charge < -0.3 is 9.73 Å². The van der Waals surface area contributed by atoms with Gasteiger partial charge in [-0.2, -0.15) is 14.6 Å². The Balaban J connectivity index is 1.57. The van der Waals surface area contributed by atoms with Crippen LogP contribution in [0.3, 0.4) is 0 Å². The second kappa shape index (κ2) is 6.98. The van der Waals surface area contributed by atoms with Crippen LogP contribution in [0, 0.1) is 17.2 Å². The zero-order valence-corrected chi connectivity index (χ0v) is 16.0. The lowest BCUT2D eigenvalue weighted by molar-refractivity contribution is 0.281. The van der Waals surface area contributed by atoms with E-state index in [-0.39, 0.29) is 10.6 Å². The van der Waals surface area contributed by atoms with Crippen molar-refractivity contribution in [3.8, 4) is 17.5 Å². The van der Waals surface area contributed by atoms with Gasteiger partial charge in [-0.3, -0.25) is 0 Å². The highest BCUT2D eigenvalue weighted by molar-refractivity contribution is 7.89. The van der Waals surface area contributed by atoms with Crippen molar-refractivity contribution in [1.29, 1.82) is 5.26 Å². The Hall–Kier alpha value is -2.37. The molecule has 2 fully saturated rings. The lowest BCUT2D eigenvalue weighted by Gasteiger charge is -2.30. The van der Waals surface area contributed by atoms with Crippen molar-refractivity contribution >= 4 is 15.9 Å². The minimum absolute atomic E-state index is 0.218. The third-order valence-corrected chi connectivity index (χ3v) is 6.88. The van der Waals surface area contributed by atoms with Gasteiger partial charge in [-0.05, 0) is 55.9 Å². The fourth-order valence-corrected chi connectivity index (χ4v) is 4.91. The molecule has 1 aliphatic carbocycles. The molecular weight excluding hydrogens is 364 g/mol. The third-order valence-electron chi connectivity index (χ3n) is 5.00. The van der Waals surface area contributed by atoms with Gasteiger partial charge in [0, 0.05) is 24.7 Å². The van der Waals surface area contributed by atoms with Crippen LogP contribution in [0.4, 0.5) is 5.88 Å². The van der Waals surface area contributed by atoms with Crippen LogP contribution in [0.15, 0.2) is 33.6 Å². The Morgan fingerprint density at radius 2 is 2.00 bits per heavy atom. The first-order valence-corrected chi connectivity index (χ1v) is 10.7. The van der Waals surface area contributed by atoms with E-state index in [1.54, 1.807) is 28.6 Å². The first kappa shape index (κ1) is 18.0. The van der Waals surface area contributed by atoms with Crippen LogP contribution in [0.5, 0.6) is 0 Å². The summed E-state index contributed by atoms with van der Waals surface area (Å²) in [5, 5.41) is 12.4. The van der Waals surface area contributed by atoms with E-state index in [1.807, 2.05) is 6.07 Å². The molecule has 8 heteroatoms. The highest BCUT2D eigenvalue weighted by Crippen LogP contribution is 2.31. The molecule has 0 amide bonds. The molecule has 2 aromatic rings. The first-order valence-electron chi connectivity index (χ1n) is 9.25. The van der Waals surface area contributed by atoms with Crippen molar-refractivity contribution in [3.05, 3.63) is 30.0 Å². The van der Waals surface area contributed by atoms with Gasteiger partial charge in [-0.15, -0.1) is 0 Å². The lowest BCUT2D eigenvalue weighted by atomic mass is 10.0. The number of benzene rings is 1. The van der Waals surface area contributed by atoms with E-state index in [4.69, 9.17) is 4.42 Å². The van der Waals surface area contributed by atoms with Crippen molar-refractivity contribution in [2.45, 2.75) is 43.5 Å². The minimum Gasteiger partial charge on any atom is -0.419 e. The summed E-state index contributed by atoms with van der Waals surface area (Å²) in [7, 11) is -3.49. The second-order valence-electron chi connectivity index (χ2n) is 7.36. The van der Waals surface area contributed by atoms with Crippen LogP contribution in [0.1, 0.15) is 38.3 Å². The van der Waals surface area contributed by atoms with E-state index in [1.165, 1.54) is 0 Å². The molecule has 0 radical (unpaired) electrons. The van der Waals surface area contributed by atoms with Crippen LogP contribution in [-0.2, 0) is 10.0 Å². The number of nitrogens with zero attached hydrogens (tertiary/aromatic N) is 3. The summed E-state index contributed by atoms with van der Waals surface area (Å²) in [6.07, 6.45) is 4.07. The molecule has 1 aliphatic heterocycles.